The Labute approximate surface area is 127 Å². The summed E-state index contributed by atoms with van der Waals surface area (Å²) in [5.74, 6) is 0.886. The number of thioether (sulfide) groups is 1. The minimum absolute atomic E-state index is 0.613. The van der Waals surface area contributed by atoms with E-state index in [1.807, 2.05) is 30.9 Å². The highest BCUT2D eigenvalue weighted by Gasteiger charge is 2.30. The van der Waals surface area contributed by atoms with Crippen LogP contribution in [-0.2, 0) is 0 Å². The van der Waals surface area contributed by atoms with E-state index in [-0.39, 0.29) is 0 Å². The molecule has 0 spiro atoms. The maximum atomic E-state index is 4.56. The van der Waals surface area contributed by atoms with Crippen LogP contribution in [0.4, 0.5) is 0 Å². The monoisotopic (exact) mass is 293 g/mol. The molecular weight excluding hydrogens is 266 g/mol. The Morgan fingerprint density at radius 2 is 2.20 bits per heavy atom. The summed E-state index contributed by atoms with van der Waals surface area (Å²) >= 11 is 1.87. The molecule has 1 aromatic heterocycles. The third kappa shape index (κ3) is 4.45. The molecule has 1 saturated carbocycles. The summed E-state index contributed by atoms with van der Waals surface area (Å²) in [5.41, 5.74) is 1.06. The van der Waals surface area contributed by atoms with Gasteiger partial charge in [0.15, 0.2) is 5.16 Å². The lowest BCUT2D eigenvalue weighted by Gasteiger charge is -2.35. The Morgan fingerprint density at radius 1 is 1.35 bits per heavy atom. The van der Waals surface area contributed by atoms with Gasteiger partial charge in [-0.15, -0.1) is 0 Å². The van der Waals surface area contributed by atoms with E-state index in [0.717, 1.165) is 23.3 Å². The van der Waals surface area contributed by atoms with Gasteiger partial charge in [-0.2, -0.15) is 0 Å². The third-order valence-corrected chi connectivity index (χ3v) is 5.32. The molecule has 0 bridgehead atoms. The standard InChI is InChI=1S/C16H27N3S/c1-4-6-13-7-8-14(17-5-2)15(11-13)20-16-18-10-9-12(3)19-16/h9-10,13-15,17H,4-8,11H2,1-3H3. The molecular formula is C16H27N3S. The highest BCUT2D eigenvalue weighted by molar-refractivity contribution is 7.99. The molecule has 3 unspecified atom stereocenters. The Balaban J connectivity index is 2.02. The van der Waals surface area contributed by atoms with Crippen molar-refractivity contribution < 1.29 is 0 Å². The van der Waals surface area contributed by atoms with Crippen molar-refractivity contribution in [1.29, 1.82) is 0 Å². The fraction of sp³-hybridized carbons (Fsp3) is 0.750. The molecule has 3 atom stereocenters. The fourth-order valence-corrected chi connectivity index (χ4v) is 4.48. The second-order valence-corrected chi connectivity index (χ2v) is 6.98. The lowest BCUT2D eigenvalue weighted by atomic mass is 9.83. The minimum atomic E-state index is 0.613. The summed E-state index contributed by atoms with van der Waals surface area (Å²) in [7, 11) is 0. The molecule has 0 aromatic carbocycles. The van der Waals surface area contributed by atoms with E-state index in [0.29, 0.717) is 11.3 Å². The highest BCUT2D eigenvalue weighted by Crippen LogP contribution is 2.37. The van der Waals surface area contributed by atoms with Gasteiger partial charge < -0.3 is 5.32 Å². The maximum absolute atomic E-state index is 4.56. The summed E-state index contributed by atoms with van der Waals surface area (Å²) in [6.07, 6.45) is 8.51. The Hall–Kier alpha value is -0.610. The number of aryl methyl sites for hydroxylation is 1. The van der Waals surface area contributed by atoms with Gasteiger partial charge in [-0.25, -0.2) is 9.97 Å². The molecule has 0 saturated heterocycles. The molecule has 0 amide bonds. The molecule has 0 aliphatic heterocycles. The normalized spacial score (nSPS) is 26.6. The van der Waals surface area contributed by atoms with Crippen LogP contribution in [0.15, 0.2) is 17.4 Å². The molecule has 1 heterocycles. The fourth-order valence-electron chi connectivity index (χ4n) is 3.13. The van der Waals surface area contributed by atoms with E-state index >= 15 is 0 Å². The molecule has 1 N–H and O–H groups in total. The van der Waals surface area contributed by atoms with Crippen molar-refractivity contribution in [2.45, 2.75) is 69.3 Å². The smallest absolute Gasteiger partial charge is 0.188 e. The minimum Gasteiger partial charge on any atom is -0.313 e. The van der Waals surface area contributed by atoms with E-state index in [1.165, 1.54) is 32.1 Å². The van der Waals surface area contributed by atoms with Gasteiger partial charge in [0, 0.05) is 23.2 Å². The van der Waals surface area contributed by atoms with Crippen molar-refractivity contribution in [3.63, 3.8) is 0 Å². The summed E-state index contributed by atoms with van der Waals surface area (Å²) in [4.78, 5) is 8.98. The molecule has 1 aromatic rings. The molecule has 2 rings (SSSR count). The summed E-state index contributed by atoms with van der Waals surface area (Å²) in [6, 6.07) is 2.58. The van der Waals surface area contributed by atoms with Crippen molar-refractivity contribution in [3.05, 3.63) is 18.0 Å². The van der Waals surface area contributed by atoms with Crippen LogP contribution in [0.2, 0.25) is 0 Å². The van der Waals surface area contributed by atoms with Gasteiger partial charge in [-0.05, 0) is 44.7 Å². The number of nitrogens with zero attached hydrogens (tertiary/aromatic N) is 2. The highest BCUT2D eigenvalue weighted by atomic mass is 32.2. The van der Waals surface area contributed by atoms with Gasteiger partial charge in [0.25, 0.3) is 0 Å². The summed E-state index contributed by atoms with van der Waals surface area (Å²) in [5, 5.41) is 5.21. The zero-order valence-corrected chi connectivity index (χ0v) is 13.7. The number of rotatable bonds is 6. The largest absolute Gasteiger partial charge is 0.313 e. The van der Waals surface area contributed by atoms with E-state index in [2.05, 4.69) is 29.1 Å². The van der Waals surface area contributed by atoms with Crippen molar-refractivity contribution in [1.82, 2.24) is 15.3 Å². The van der Waals surface area contributed by atoms with Crippen LogP contribution in [0.3, 0.4) is 0 Å². The Bertz CT molecular complexity index is 410. The zero-order valence-electron chi connectivity index (χ0n) is 12.9. The lowest BCUT2D eigenvalue weighted by Crippen LogP contribution is -2.42. The third-order valence-electron chi connectivity index (χ3n) is 4.09. The quantitative estimate of drug-likeness (QED) is 0.809. The predicted octanol–water partition coefficient (Wildman–Crippen LogP) is 3.82. The number of aromatic nitrogens is 2. The molecule has 4 heteroatoms. The van der Waals surface area contributed by atoms with Gasteiger partial charge >= 0.3 is 0 Å². The first-order chi connectivity index (χ1) is 9.72. The first-order valence-electron chi connectivity index (χ1n) is 7.92. The maximum Gasteiger partial charge on any atom is 0.188 e. The van der Waals surface area contributed by atoms with Crippen LogP contribution in [0, 0.1) is 12.8 Å². The average molecular weight is 293 g/mol. The molecule has 112 valence electrons. The van der Waals surface area contributed by atoms with E-state index < -0.39 is 0 Å². The number of nitrogens with one attached hydrogen (secondary N) is 1. The molecule has 3 nitrogen and oxygen atoms in total. The van der Waals surface area contributed by atoms with Crippen molar-refractivity contribution >= 4 is 11.8 Å². The first-order valence-corrected chi connectivity index (χ1v) is 8.80. The van der Waals surface area contributed by atoms with Crippen LogP contribution < -0.4 is 5.32 Å². The Kier molecular flexibility index (Phi) is 6.30. The van der Waals surface area contributed by atoms with Gasteiger partial charge in [0.1, 0.15) is 0 Å². The average Bonchev–Trinajstić information content (AvgIpc) is 2.42. The number of hydrogen-bond donors (Lipinski definition) is 1. The van der Waals surface area contributed by atoms with Crippen LogP contribution in [0.5, 0.6) is 0 Å². The van der Waals surface area contributed by atoms with E-state index in [1.54, 1.807) is 0 Å². The molecule has 0 radical (unpaired) electrons. The zero-order chi connectivity index (χ0) is 14.4. The van der Waals surface area contributed by atoms with Gasteiger partial charge in [0.05, 0.1) is 0 Å². The Morgan fingerprint density at radius 3 is 2.90 bits per heavy atom. The summed E-state index contributed by atoms with van der Waals surface area (Å²) in [6.45, 7) is 7.58. The van der Waals surface area contributed by atoms with Crippen molar-refractivity contribution in [2.24, 2.45) is 5.92 Å². The van der Waals surface area contributed by atoms with Crippen LogP contribution in [0.1, 0.15) is 51.6 Å². The molecule has 1 fully saturated rings. The second-order valence-electron chi connectivity index (χ2n) is 5.77. The topological polar surface area (TPSA) is 37.8 Å². The van der Waals surface area contributed by atoms with Crippen LogP contribution in [0.25, 0.3) is 0 Å². The van der Waals surface area contributed by atoms with Crippen molar-refractivity contribution in [3.8, 4) is 0 Å². The van der Waals surface area contributed by atoms with Crippen LogP contribution >= 0.6 is 11.8 Å². The van der Waals surface area contributed by atoms with Gasteiger partial charge in [-0.3, -0.25) is 0 Å². The van der Waals surface area contributed by atoms with Crippen molar-refractivity contribution in [2.75, 3.05) is 6.54 Å². The lowest BCUT2D eigenvalue weighted by molar-refractivity contribution is 0.289. The van der Waals surface area contributed by atoms with E-state index in [9.17, 15) is 0 Å². The predicted molar refractivity (Wildman–Crippen MR) is 86.1 cm³/mol. The molecule has 1 aliphatic rings. The number of hydrogen-bond acceptors (Lipinski definition) is 4. The SMILES string of the molecule is CCCC1CCC(NCC)C(Sc2nccc(C)n2)C1. The summed E-state index contributed by atoms with van der Waals surface area (Å²) < 4.78 is 0. The second kappa shape index (κ2) is 7.99. The van der Waals surface area contributed by atoms with Gasteiger partial charge in [0.2, 0.25) is 0 Å². The van der Waals surface area contributed by atoms with E-state index in [4.69, 9.17) is 0 Å². The first kappa shape index (κ1) is 15.8. The van der Waals surface area contributed by atoms with Gasteiger partial charge in [-0.1, -0.05) is 38.5 Å². The molecule has 20 heavy (non-hydrogen) atoms. The van der Waals surface area contributed by atoms with Crippen LogP contribution in [-0.4, -0.2) is 27.8 Å². The molecule has 1 aliphatic carbocycles.